The quantitative estimate of drug-likeness (QED) is 0.502. The number of hydrogen-bond acceptors (Lipinski definition) is 3. The zero-order chi connectivity index (χ0) is 10.9. The predicted octanol–water partition coefficient (Wildman–Crippen LogP) is 0.652. The van der Waals surface area contributed by atoms with Crippen molar-refractivity contribution in [3.8, 4) is 0 Å². The molecular formula is C11H20N2O2. The summed E-state index contributed by atoms with van der Waals surface area (Å²) >= 11 is 0. The molecule has 2 N–H and O–H groups in total. The first kappa shape index (κ1) is 12.0. The van der Waals surface area contributed by atoms with Crippen LogP contribution in [0.5, 0.6) is 0 Å². The smallest absolute Gasteiger partial charge is 0.223 e. The maximum absolute atomic E-state index is 11.6. The molecule has 1 fully saturated rings. The summed E-state index contributed by atoms with van der Waals surface area (Å²) in [6.07, 6.45) is 4.17. The number of carbonyl (C=O) groups excluding carboxylic acids is 1. The van der Waals surface area contributed by atoms with Crippen molar-refractivity contribution in [2.24, 2.45) is 5.92 Å². The number of nitrogens with one attached hydrogen (secondary N) is 2. The summed E-state index contributed by atoms with van der Waals surface area (Å²) in [6.45, 7) is 6.67. The Morgan fingerprint density at radius 3 is 2.93 bits per heavy atom. The van der Waals surface area contributed by atoms with Gasteiger partial charge in [-0.25, -0.2) is 0 Å². The van der Waals surface area contributed by atoms with Crippen LogP contribution < -0.4 is 10.6 Å². The van der Waals surface area contributed by atoms with E-state index in [1.807, 2.05) is 0 Å². The van der Waals surface area contributed by atoms with Crippen LogP contribution in [0.1, 0.15) is 19.3 Å². The van der Waals surface area contributed by atoms with Gasteiger partial charge in [0, 0.05) is 12.5 Å². The van der Waals surface area contributed by atoms with Crippen LogP contribution in [0.4, 0.5) is 0 Å². The summed E-state index contributed by atoms with van der Waals surface area (Å²) < 4.78 is 4.96. The van der Waals surface area contributed by atoms with E-state index in [0.29, 0.717) is 13.2 Å². The molecular weight excluding hydrogens is 192 g/mol. The van der Waals surface area contributed by atoms with E-state index in [-0.39, 0.29) is 11.8 Å². The van der Waals surface area contributed by atoms with Crippen LogP contribution in [0.25, 0.3) is 0 Å². The Balaban J connectivity index is 2.04. The van der Waals surface area contributed by atoms with Gasteiger partial charge in [0.15, 0.2) is 0 Å². The third-order valence-electron chi connectivity index (χ3n) is 2.57. The summed E-state index contributed by atoms with van der Waals surface area (Å²) in [5, 5.41) is 6.17. The molecule has 0 aromatic rings. The molecule has 4 heteroatoms. The highest BCUT2D eigenvalue weighted by atomic mass is 16.5. The van der Waals surface area contributed by atoms with Crippen LogP contribution in [0.2, 0.25) is 0 Å². The van der Waals surface area contributed by atoms with Gasteiger partial charge in [-0.05, 0) is 32.4 Å². The second kappa shape index (κ2) is 7.29. The van der Waals surface area contributed by atoms with Gasteiger partial charge >= 0.3 is 0 Å². The molecule has 0 radical (unpaired) electrons. The van der Waals surface area contributed by atoms with Gasteiger partial charge in [0.25, 0.3) is 0 Å². The Labute approximate surface area is 91.1 Å². The van der Waals surface area contributed by atoms with Crippen LogP contribution in [-0.2, 0) is 9.53 Å². The van der Waals surface area contributed by atoms with Gasteiger partial charge in [0.1, 0.15) is 0 Å². The van der Waals surface area contributed by atoms with Crippen LogP contribution in [-0.4, -0.2) is 32.1 Å². The first-order chi connectivity index (χ1) is 7.34. The second-order valence-electron chi connectivity index (χ2n) is 3.71. The summed E-state index contributed by atoms with van der Waals surface area (Å²) in [5.74, 6) is 0.390. The fraction of sp³-hybridized carbons (Fsp3) is 0.727. The lowest BCUT2D eigenvalue weighted by molar-refractivity contribution is -0.125. The Morgan fingerprint density at radius 1 is 1.53 bits per heavy atom. The maximum Gasteiger partial charge on any atom is 0.223 e. The Bertz CT molecular complexity index is 201. The summed E-state index contributed by atoms with van der Waals surface area (Å²) in [7, 11) is 0. The second-order valence-corrected chi connectivity index (χ2v) is 3.71. The third kappa shape index (κ3) is 4.83. The van der Waals surface area contributed by atoms with Crippen molar-refractivity contribution in [2.75, 3.05) is 26.2 Å². The molecule has 1 rings (SSSR count). The van der Waals surface area contributed by atoms with Gasteiger partial charge in [0.2, 0.25) is 5.91 Å². The lowest BCUT2D eigenvalue weighted by Gasteiger charge is -2.21. The average Bonchev–Trinajstić information content (AvgIpc) is 2.30. The summed E-state index contributed by atoms with van der Waals surface area (Å²) in [4.78, 5) is 11.6. The molecule has 1 saturated heterocycles. The predicted molar refractivity (Wildman–Crippen MR) is 59.4 cm³/mol. The first-order valence-corrected chi connectivity index (χ1v) is 5.55. The van der Waals surface area contributed by atoms with Crippen LogP contribution >= 0.6 is 0 Å². The lowest BCUT2D eigenvalue weighted by Crippen LogP contribution is -2.38. The largest absolute Gasteiger partial charge is 0.502 e. The van der Waals surface area contributed by atoms with Gasteiger partial charge in [-0.3, -0.25) is 4.79 Å². The topological polar surface area (TPSA) is 50.4 Å². The molecule has 4 nitrogen and oxygen atoms in total. The van der Waals surface area contributed by atoms with Crippen molar-refractivity contribution in [3.05, 3.63) is 12.8 Å². The zero-order valence-corrected chi connectivity index (χ0v) is 9.13. The number of carbonyl (C=O) groups is 1. The molecule has 1 aliphatic heterocycles. The number of ether oxygens (including phenoxy) is 1. The number of piperidine rings is 1. The maximum atomic E-state index is 11.6. The molecule has 0 spiro atoms. The molecule has 1 amide bonds. The molecule has 0 aliphatic carbocycles. The fourth-order valence-electron chi connectivity index (χ4n) is 1.68. The molecule has 0 aromatic heterocycles. The minimum atomic E-state index is 0.190. The number of hydrogen-bond donors (Lipinski definition) is 2. The third-order valence-corrected chi connectivity index (χ3v) is 2.57. The molecule has 0 aromatic carbocycles. The Morgan fingerprint density at radius 2 is 2.27 bits per heavy atom. The number of amides is 1. The van der Waals surface area contributed by atoms with Gasteiger partial charge in [0.05, 0.1) is 12.9 Å². The first-order valence-electron chi connectivity index (χ1n) is 5.55. The zero-order valence-electron chi connectivity index (χ0n) is 9.13. The van der Waals surface area contributed by atoms with Crippen LogP contribution in [0.3, 0.4) is 0 Å². The van der Waals surface area contributed by atoms with E-state index in [2.05, 4.69) is 17.2 Å². The highest BCUT2D eigenvalue weighted by molar-refractivity contribution is 5.78. The molecule has 0 unspecified atom stereocenters. The Hall–Kier alpha value is -1.03. The van der Waals surface area contributed by atoms with Gasteiger partial charge in [-0.15, -0.1) is 0 Å². The van der Waals surface area contributed by atoms with Crippen molar-refractivity contribution in [1.82, 2.24) is 10.6 Å². The van der Waals surface area contributed by atoms with E-state index in [0.717, 1.165) is 32.4 Å². The molecule has 86 valence electrons. The van der Waals surface area contributed by atoms with Crippen molar-refractivity contribution in [3.63, 3.8) is 0 Å². The van der Waals surface area contributed by atoms with E-state index < -0.39 is 0 Å². The van der Waals surface area contributed by atoms with Gasteiger partial charge < -0.3 is 15.4 Å². The molecule has 0 saturated carbocycles. The van der Waals surface area contributed by atoms with Crippen molar-refractivity contribution in [1.29, 1.82) is 0 Å². The van der Waals surface area contributed by atoms with Crippen molar-refractivity contribution >= 4 is 5.91 Å². The highest BCUT2D eigenvalue weighted by Crippen LogP contribution is 2.10. The normalized spacial score (nSPS) is 17.1. The summed E-state index contributed by atoms with van der Waals surface area (Å²) in [6, 6.07) is 0. The standard InChI is InChI=1S/C11H20N2O2/c1-2-15-9-3-6-13-11(14)10-4-7-12-8-5-10/h2,10,12H,1,3-9H2,(H,13,14). The Kier molecular flexibility index (Phi) is 5.85. The molecule has 0 atom stereocenters. The van der Waals surface area contributed by atoms with Crippen molar-refractivity contribution in [2.45, 2.75) is 19.3 Å². The molecule has 15 heavy (non-hydrogen) atoms. The lowest BCUT2D eigenvalue weighted by atomic mass is 9.97. The molecule has 1 heterocycles. The SMILES string of the molecule is C=COCCCNC(=O)C1CCNCC1. The minimum absolute atomic E-state index is 0.190. The highest BCUT2D eigenvalue weighted by Gasteiger charge is 2.19. The molecule has 1 aliphatic rings. The van der Waals surface area contributed by atoms with E-state index in [4.69, 9.17) is 4.74 Å². The summed E-state index contributed by atoms with van der Waals surface area (Å²) in [5.41, 5.74) is 0. The van der Waals surface area contributed by atoms with Crippen molar-refractivity contribution < 1.29 is 9.53 Å². The fourth-order valence-corrected chi connectivity index (χ4v) is 1.68. The monoisotopic (exact) mass is 212 g/mol. The van der Waals surface area contributed by atoms with Crippen LogP contribution in [0.15, 0.2) is 12.8 Å². The minimum Gasteiger partial charge on any atom is -0.502 e. The average molecular weight is 212 g/mol. The van der Waals surface area contributed by atoms with Crippen LogP contribution in [0, 0.1) is 5.92 Å². The van der Waals surface area contributed by atoms with E-state index in [1.165, 1.54) is 6.26 Å². The van der Waals surface area contributed by atoms with Gasteiger partial charge in [-0.2, -0.15) is 0 Å². The van der Waals surface area contributed by atoms with E-state index >= 15 is 0 Å². The van der Waals surface area contributed by atoms with E-state index in [1.54, 1.807) is 0 Å². The van der Waals surface area contributed by atoms with E-state index in [9.17, 15) is 4.79 Å². The van der Waals surface area contributed by atoms with Gasteiger partial charge in [-0.1, -0.05) is 6.58 Å². The number of rotatable bonds is 6. The molecule has 0 bridgehead atoms.